The molecule has 0 aliphatic rings. The van der Waals surface area contributed by atoms with Crippen LogP contribution in [0.5, 0.6) is 0 Å². The molecule has 4 heteroatoms. The van der Waals surface area contributed by atoms with Gasteiger partial charge in [0.15, 0.2) is 0 Å². The molecule has 0 unspecified atom stereocenters. The van der Waals surface area contributed by atoms with Crippen molar-refractivity contribution >= 4 is 23.2 Å². The van der Waals surface area contributed by atoms with Gasteiger partial charge in [-0.15, -0.1) is 0 Å². The van der Waals surface area contributed by atoms with Crippen LogP contribution in [-0.2, 0) is 9.22 Å². The van der Waals surface area contributed by atoms with Crippen molar-refractivity contribution in [2.45, 2.75) is 59.3 Å². The third kappa shape index (κ3) is 6.98. The van der Waals surface area contributed by atoms with Crippen LogP contribution in [0, 0.1) is 0 Å². The fourth-order valence-corrected chi connectivity index (χ4v) is 9.46. The second-order valence-corrected chi connectivity index (χ2v) is 12.8. The quantitative estimate of drug-likeness (QED) is 0.356. The molecule has 3 nitrogen and oxygen atoms in total. The van der Waals surface area contributed by atoms with Crippen molar-refractivity contribution in [1.29, 1.82) is 0 Å². The molecule has 1 aromatic carbocycles. The summed E-state index contributed by atoms with van der Waals surface area (Å²) in [5.74, 6) is 0. The van der Waals surface area contributed by atoms with Crippen molar-refractivity contribution in [1.82, 2.24) is 0 Å². The van der Waals surface area contributed by atoms with Gasteiger partial charge < -0.3 is 0 Å². The van der Waals surface area contributed by atoms with E-state index in [4.69, 9.17) is 9.22 Å². The summed E-state index contributed by atoms with van der Waals surface area (Å²) in [6, 6.07) is 10.4. The molecule has 1 rings (SSSR count). The molecule has 0 spiro atoms. The van der Waals surface area contributed by atoms with Crippen LogP contribution in [0.25, 0.3) is 0 Å². The SMILES string of the molecule is CCCC[O][Sn]([O]CCCC)([O]CCCC)[c]1ccccc1. The van der Waals surface area contributed by atoms with Gasteiger partial charge in [0, 0.05) is 0 Å². The van der Waals surface area contributed by atoms with E-state index in [1.807, 2.05) is 6.07 Å². The first-order valence-corrected chi connectivity index (χ1v) is 13.7. The van der Waals surface area contributed by atoms with Crippen molar-refractivity contribution in [3.63, 3.8) is 0 Å². The Labute approximate surface area is 141 Å². The van der Waals surface area contributed by atoms with Crippen molar-refractivity contribution in [3.05, 3.63) is 30.3 Å². The summed E-state index contributed by atoms with van der Waals surface area (Å²) >= 11 is -3.67. The molecular formula is C18H32O3Sn. The van der Waals surface area contributed by atoms with Crippen molar-refractivity contribution in [2.24, 2.45) is 0 Å². The average molecular weight is 415 g/mol. The van der Waals surface area contributed by atoms with Crippen LogP contribution in [0.15, 0.2) is 30.3 Å². The molecule has 0 saturated carbocycles. The van der Waals surface area contributed by atoms with E-state index < -0.39 is 19.6 Å². The minimum atomic E-state index is -3.67. The molecule has 0 bridgehead atoms. The van der Waals surface area contributed by atoms with Crippen molar-refractivity contribution in [3.8, 4) is 0 Å². The second-order valence-electron chi connectivity index (χ2n) is 5.53. The monoisotopic (exact) mass is 416 g/mol. The van der Waals surface area contributed by atoms with E-state index in [-0.39, 0.29) is 0 Å². The van der Waals surface area contributed by atoms with Gasteiger partial charge in [-0.1, -0.05) is 0 Å². The fourth-order valence-electron chi connectivity index (χ4n) is 2.07. The Morgan fingerprint density at radius 1 is 0.682 bits per heavy atom. The Kier molecular flexibility index (Phi) is 11.2. The first-order chi connectivity index (χ1) is 10.8. The van der Waals surface area contributed by atoms with Gasteiger partial charge in [0.1, 0.15) is 0 Å². The van der Waals surface area contributed by atoms with E-state index in [0.717, 1.165) is 61.9 Å². The standard InChI is InChI=1S/C6H5.3C4H9O.Sn/c1-2-4-6-5-3-1;3*1-2-3-4-5;/h1-5H;3*2-4H2,1H3;/q;3*-1;+3. The maximum absolute atomic E-state index is 6.31. The van der Waals surface area contributed by atoms with Crippen LogP contribution in [0.2, 0.25) is 0 Å². The fraction of sp³-hybridized carbons (Fsp3) is 0.667. The third-order valence-corrected chi connectivity index (χ3v) is 11.5. The predicted octanol–water partition coefficient (Wildman–Crippen LogP) is 4.28. The zero-order chi connectivity index (χ0) is 16.1. The Morgan fingerprint density at radius 3 is 1.45 bits per heavy atom. The summed E-state index contributed by atoms with van der Waals surface area (Å²) in [4.78, 5) is 0. The summed E-state index contributed by atoms with van der Waals surface area (Å²) in [6.45, 7) is 8.75. The number of hydrogen-bond acceptors (Lipinski definition) is 3. The first-order valence-electron chi connectivity index (χ1n) is 8.76. The van der Waals surface area contributed by atoms with Gasteiger partial charge in [-0.2, -0.15) is 0 Å². The zero-order valence-corrected chi connectivity index (χ0v) is 17.3. The summed E-state index contributed by atoms with van der Waals surface area (Å²) in [7, 11) is 0. The molecule has 0 heterocycles. The van der Waals surface area contributed by atoms with Crippen LogP contribution >= 0.6 is 0 Å². The van der Waals surface area contributed by atoms with E-state index in [9.17, 15) is 0 Å². The Hall–Kier alpha value is -0.101. The van der Waals surface area contributed by atoms with Crippen LogP contribution in [-0.4, -0.2) is 39.4 Å². The van der Waals surface area contributed by atoms with Crippen molar-refractivity contribution < 1.29 is 9.22 Å². The average Bonchev–Trinajstić information content (AvgIpc) is 2.56. The Morgan fingerprint density at radius 2 is 1.09 bits per heavy atom. The van der Waals surface area contributed by atoms with Gasteiger partial charge in [-0.25, -0.2) is 0 Å². The molecule has 126 valence electrons. The Balaban J connectivity index is 2.88. The number of rotatable bonds is 13. The summed E-state index contributed by atoms with van der Waals surface area (Å²) in [5, 5.41) is 0. The number of unbranched alkanes of at least 4 members (excludes halogenated alkanes) is 3. The van der Waals surface area contributed by atoms with Crippen LogP contribution in [0.3, 0.4) is 0 Å². The van der Waals surface area contributed by atoms with E-state index in [1.54, 1.807) is 0 Å². The zero-order valence-electron chi connectivity index (χ0n) is 14.5. The number of benzene rings is 1. The molecule has 22 heavy (non-hydrogen) atoms. The van der Waals surface area contributed by atoms with Gasteiger partial charge in [0.2, 0.25) is 0 Å². The summed E-state index contributed by atoms with van der Waals surface area (Å²) < 4.78 is 20.1. The van der Waals surface area contributed by atoms with E-state index in [2.05, 4.69) is 45.0 Å². The first kappa shape index (κ1) is 19.9. The molecule has 0 aromatic heterocycles. The van der Waals surface area contributed by atoms with E-state index >= 15 is 0 Å². The predicted molar refractivity (Wildman–Crippen MR) is 94.4 cm³/mol. The van der Waals surface area contributed by atoms with E-state index in [0.29, 0.717) is 0 Å². The van der Waals surface area contributed by atoms with Gasteiger partial charge in [-0.3, -0.25) is 0 Å². The second kappa shape index (κ2) is 12.3. The summed E-state index contributed by atoms with van der Waals surface area (Å²) in [6.07, 6.45) is 6.54. The molecule has 0 fully saturated rings. The van der Waals surface area contributed by atoms with Crippen LogP contribution in [0.4, 0.5) is 0 Å². The number of hydrogen-bond donors (Lipinski definition) is 0. The van der Waals surface area contributed by atoms with Gasteiger partial charge in [0.25, 0.3) is 0 Å². The van der Waals surface area contributed by atoms with Crippen LogP contribution in [0.1, 0.15) is 59.3 Å². The van der Waals surface area contributed by atoms with E-state index in [1.165, 1.54) is 0 Å². The van der Waals surface area contributed by atoms with Gasteiger partial charge >= 0.3 is 142 Å². The molecule has 0 amide bonds. The van der Waals surface area contributed by atoms with Crippen molar-refractivity contribution in [2.75, 3.05) is 19.8 Å². The summed E-state index contributed by atoms with van der Waals surface area (Å²) in [5.41, 5.74) is 0. The normalized spacial score (nSPS) is 11.8. The molecular weight excluding hydrogens is 383 g/mol. The van der Waals surface area contributed by atoms with Gasteiger partial charge in [-0.05, 0) is 0 Å². The molecule has 1 aromatic rings. The van der Waals surface area contributed by atoms with Gasteiger partial charge in [0.05, 0.1) is 0 Å². The third-order valence-electron chi connectivity index (χ3n) is 3.50. The minimum absolute atomic E-state index is 0.736. The molecule has 0 N–H and O–H groups in total. The molecule has 0 aliphatic heterocycles. The topological polar surface area (TPSA) is 27.7 Å². The molecule has 0 saturated heterocycles. The maximum atomic E-state index is 6.31. The molecule has 0 aliphatic carbocycles. The molecule has 0 atom stereocenters. The van der Waals surface area contributed by atoms with Crippen LogP contribution < -0.4 is 3.58 Å². The Bertz CT molecular complexity index is 343. The molecule has 0 radical (unpaired) electrons.